The first kappa shape index (κ1) is 13.1. The summed E-state index contributed by atoms with van der Waals surface area (Å²) >= 11 is 0. The van der Waals surface area contributed by atoms with Crippen LogP contribution in [0.1, 0.15) is 19.9 Å². The van der Waals surface area contributed by atoms with Crippen molar-refractivity contribution in [1.29, 1.82) is 0 Å². The second-order valence-corrected chi connectivity index (χ2v) is 4.19. The van der Waals surface area contributed by atoms with Crippen molar-refractivity contribution >= 4 is 11.7 Å². The molecule has 3 N–H and O–H groups in total. The maximum atomic E-state index is 11.9. The van der Waals surface area contributed by atoms with Gasteiger partial charge in [-0.25, -0.2) is 9.97 Å². The molecule has 0 spiro atoms. The number of likely N-dealkylation sites (N-methyl/N-ethyl adjacent to an activating group) is 1. The molecule has 0 aliphatic heterocycles. The highest BCUT2D eigenvalue weighted by atomic mass is 16.2. The van der Waals surface area contributed by atoms with Crippen molar-refractivity contribution in [1.82, 2.24) is 19.9 Å². The van der Waals surface area contributed by atoms with Crippen molar-refractivity contribution in [2.45, 2.75) is 19.9 Å². The van der Waals surface area contributed by atoms with Gasteiger partial charge in [0.1, 0.15) is 11.9 Å². The number of anilines is 1. The molecule has 0 aliphatic rings. The highest BCUT2D eigenvalue weighted by Crippen LogP contribution is 2.25. The molecule has 1 atom stereocenters. The number of hydrogen-bond acceptors (Lipinski definition) is 4. The smallest absolute Gasteiger partial charge is 0.242 e. The molecule has 1 unspecified atom stereocenters. The lowest BCUT2D eigenvalue weighted by atomic mass is 10.2. The molecule has 0 fully saturated rings. The quantitative estimate of drug-likeness (QED) is 0.864. The minimum absolute atomic E-state index is 0.0517. The van der Waals surface area contributed by atoms with Crippen LogP contribution in [-0.4, -0.2) is 27.0 Å². The van der Waals surface area contributed by atoms with E-state index < -0.39 is 0 Å². The Morgan fingerprint density at radius 2 is 2.37 bits per heavy atom. The first-order valence-electron chi connectivity index (χ1n) is 6.15. The van der Waals surface area contributed by atoms with E-state index in [-0.39, 0.29) is 11.9 Å². The Balaban J connectivity index is 2.38. The summed E-state index contributed by atoms with van der Waals surface area (Å²) in [5, 5.41) is 2.79. The number of hydrogen-bond donors (Lipinski definition) is 2. The van der Waals surface area contributed by atoms with Crippen molar-refractivity contribution < 1.29 is 4.79 Å². The number of aromatic nitrogens is 3. The summed E-state index contributed by atoms with van der Waals surface area (Å²) in [6, 6.07) is 3.32. The minimum Gasteiger partial charge on any atom is -0.383 e. The molecule has 1 amide bonds. The molecule has 0 aliphatic carbocycles. The first-order valence-corrected chi connectivity index (χ1v) is 6.15. The molecule has 0 saturated carbocycles. The molecule has 100 valence electrons. The lowest BCUT2D eigenvalue weighted by Gasteiger charge is -2.16. The highest BCUT2D eigenvalue weighted by Gasteiger charge is 2.18. The van der Waals surface area contributed by atoms with Gasteiger partial charge in [0, 0.05) is 18.3 Å². The number of nitrogens with two attached hydrogens (primary N) is 1. The second-order valence-electron chi connectivity index (χ2n) is 4.19. The third kappa shape index (κ3) is 2.57. The third-order valence-electron chi connectivity index (χ3n) is 2.93. The Kier molecular flexibility index (Phi) is 3.79. The molecule has 6 nitrogen and oxygen atoms in total. The van der Waals surface area contributed by atoms with Gasteiger partial charge in [0.05, 0.1) is 18.2 Å². The van der Waals surface area contributed by atoms with Gasteiger partial charge in [0.15, 0.2) is 0 Å². The van der Waals surface area contributed by atoms with Crippen LogP contribution in [0, 0.1) is 0 Å². The summed E-state index contributed by atoms with van der Waals surface area (Å²) in [7, 11) is 0. The Morgan fingerprint density at radius 3 is 3.05 bits per heavy atom. The van der Waals surface area contributed by atoms with E-state index in [0.29, 0.717) is 12.4 Å². The molecular formula is C13H17N5O. The topological polar surface area (TPSA) is 85.8 Å². The van der Waals surface area contributed by atoms with Gasteiger partial charge in [0.25, 0.3) is 0 Å². The van der Waals surface area contributed by atoms with Crippen molar-refractivity contribution in [2.24, 2.45) is 0 Å². The van der Waals surface area contributed by atoms with E-state index in [0.717, 1.165) is 11.3 Å². The Bertz CT molecular complexity index is 578. The van der Waals surface area contributed by atoms with Crippen molar-refractivity contribution in [3.05, 3.63) is 30.9 Å². The molecular weight excluding hydrogens is 242 g/mol. The first-order chi connectivity index (χ1) is 9.15. The number of carbonyl (C=O) groups is 1. The number of nitrogens with zero attached hydrogens (tertiary/aromatic N) is 3. The molecule has 0 radical (unpaired) electrons. The van der Waals surface area contributed by atoms with Gasteiger partial charge in [-0.05, 0) is 26.0 Å². The standard InChI is InChI=1S/C13H17N5O/c1-3-16-13(19)9(2)18-8-15-7-11(18)10-5-4-6-17-12(10)14/h4-9H,3H2,1-2H3,(H2,14,17)(H,16,19). The Labute approximate surface area is 111 Å². The van der Waals surface area contributed by atoms with Crippen LogP contribution in [0.3, 0.4) is 0 Å². The van der Waals surface area contributed by atoms with Gasteiger partial charge in [-0.15, -0.1) is 0 Å². The van der Waals surface area contributed by atoms with E-state index in [1.807, 2.05) is 19.9 Å². The zero-order valence-corrected chi connectivity index (χ0v) is 11.0. The van der Waals surface area contributed by atoms with E-state index in [1.165, 1.54) is 0 Å². The molecule has 2 aromatic heterocycles. The van der Waals surface area contributed by atoms with Crippen LogP contribution in [0.15, 0.2) is 30.9 Å². The largest absolute Gasteiger partial charge is 0.383 e. The summed E-state index contributed by atoms with van der Waals surface area (Å²) in [6.45, 7) is 4.31. The fourth-order valence-corrected chi connectivity index (χ4v) is 1.90. The van der Waals surface area contributed by atoms with Crippen LogP contribution in [0.2, 0.25) is 0 Å². The van der Waals surface area contributed by atoms with Crippen LogP contribution < -0.4 is 11.1 Å². The van der Waals surface area contributed by atoms with E-state index in [2.05, 4.69) is 15.3 Å². The van der Waals surface area contributed by atoms with Crippen LogP contribution >= 0.6 is 0 Å². The van der Waals surface area contributed by atoms with Gasteiger partial charge in [-0.3, -0.25) is 4.79 Å². The SMILES string of the molecule is CCNC(=O)C(C)n1cncc1-c1cccnc1N. The average molecular weight is 259 g/mol. The molecule has 2 heterocycles. The summed E-state index contributed by atoms with van der Waals surface area (Å²) in [4.78, 5) is 20.1. The molecule has 0 saturated heterocycles. The van der Waals surface area contributed by atoms with Crippen LogP contribution in [0.4, 0.5) is 5.82 Å². The summed E-state index contributed by atoms with van der Waals surface area (Å²) in [6.07, 6.45) is 4.94. The number of nitrogens with one attached hydrogen (secondary N) is 1. The maximum Gasteiger partial charge on any atom is 0.242 e. The fraction of sp³-hybridized carbons (Fsp3) is 0.308. The van der Waals surface area contributed by atoms with Gasteiger partial charge in [-0.2, -0.15) is 0 Å². The molecule has 0 bridgehead atoms. The number of rotatable bonds is 4. The number of amides is 1. The summed E-state index contributed by atoms with van der Waals surface area (Å²) in [5.41, 5.74) is 7.42. The van der Waals surface area contributed by atoms with E-state index >= 15 is 0 Å². The van der Waals surface area contributed by atoms with E-state index in [4.69, 9.17) is 5.73 Å². The minimum atomic E-state index is -0.350. The van der Waals surface area contributed by atoms with Gasteiger partial charge < -0.3 is 15.6 Å². The molecule has 6 heteroatoms. The normalized spacial score (nSPS) is 12.1. The number of carbonyl (C=O) groups excluding carboxylic acids is 1. The van der Waals surface area contributed by atoms with E-state index in [9.17, 15) is 4.79 Å². The predicted molar refractivity (Wildman–Crippen MR) is 73.3 cm³/mol. The second kappa shape index (κ2) is 5.51. The van der Waals surface area contributed by atoms with E-state index in [1.54, 1.807) is 29.4 Å². The zero-order valence-electron chi connectivity index (χ0n) is 11.0. The summed E-state index contributed by atoms with van der Waals surface area (Å²) in [5.74, 6) is 0.372. The lowest BCUT2D eigenvalue weighted by Crippen LogP contribution is -2.30. The maximum absolute atomic E-state index is 11.9. The average Bonchev–Trinajstić information content (AvgIpc) is 2.87. The van der Waals surface area contributed by atoms with Crippen LogP contribution in [0.25, 0.3) is 11.3 Å². The van der Waals surface area contributed by atoms with Gasteiger partial charge in [0.2, 0.25) is 5.91 Å². The molecule has 2 rings (SSSR count). The zero-order chi connectivity index (χ0) is 13.8. The molecule has 19 heavy (non-hydrogen) atoms. The Hall–Kier alpha value is -2.37. The Morgan fingerprint density at radius 1 is 1.58 bits per heavy atom. The highest BCUT2D eigenvalue weighted by molar-refractivity contribution is 5.81. The monoisotopic (exact) mass is 259 g/mol. The third-order valence-corrected chi connectivity index (χ3v) is 2.93. The summed E-state index contributed by atoms with van der Waals surface area (Å²) < 4.78 is 1.79. The van der Waals surface area contributed by atoms with Gasteiger partial charge >= 0.3 is 0 Å². The lowest BCUT2D eigenvalue weighted by molar-refractivity contribution is -0.123. The predicted octanol–water partition coefficient (Wildman–Crippen LogP) is 1.22. The van der Waals surface area contributed by atoms with Crippen molar-refractivity contribution in [3.63, 3.8) is 0 Å². The number of imidazole rings is 1. The van der Waals surface area contributed by atoms with Crippen molar-refractivity contribution in [2.75, 3.05) is 12.3 Å². The van der Waals surface area contributed by atoms with Crippen molar-refractivity contribution in [3.8, 4) is 11.3 Å². The van der Waals surface area contributed by atoms with Crippen LogP contribution in [0.5, 0.6) is 0 Å². The molecule has 0 aromatic carbocycles. The number of nitrogen functional groups attached to an aromatic ring is 1. The van der Waals surface area contributed by atoms with Crippen LogP contribution in [-0.2, 0) is 4.79 Å². The fourth-order valence-electron chi connectivity index (χ4n) is 1.90. The van der Waals surface area contributed by atoms with Gasteiger partial charge in [-0.1, -0.05) is 0 Å². The number of pyridine rings is 1. The molecule has 2 aromatic rings.